The van der Waals surface area contributed by atoms with Crippen molar-refractivity contribution in [1.29, 1.82) is 0 Å². The summed E-state index contributed by atoms with van der Waals surface area (Å²) in [6.07, 6.45) is -1.47. The van der Waals surface area contributed by atoms with Crippen LogP contribution in [0.2, 0.25) is 0 Å². The Kier molecular flexibility index (Phi) is 3.71. The third-order valence-electron chi connectivity index (χ3n) is 1.89. The summed E-state index contributed by atoms with van der Waals surface area (Å²) < 4.78 is 37.0. The van der Waals surface area contributed by atoms with E-state index < -0.39 is 11.7 Å². The van der Waals surface area contributed by atoms with E-state index in [4.69, 9.17) is 5.21 Å². The fourth-order valence-corrected chi connectivity index (χ4v) is 1.07. The van der Waals surface area contributed by atoms with Gasteiger partial charge in [0.1, 0.15) is 0 Å². The second kappa shape index (κ2) is 4.83. The van der Waals surface area contributed by atoms with Crippen molar-refractivity contribution in [3.8, 4) is 0 Å². The predicted octanol–water partition coefficient (Wildman–Crippen LogP) is 3.57. The summed E-state index contributed by atoms with van der Waals surface area (Å²) in [5.41, 5.74) is 0.0171. The summed E-state index contributed by atoms with van der Waals surface area (Å²) in [6, 6.07) is 4.90. The summed E-state index contributed by atoms with van der Waals surface area (Å²) in [4.78, 5) is 0. The Balaban J connectivity index is 2.96. The molecule has 0 heterocycles. The minimum atomic E-state index is -4.34. The van der Waals surface area contributed by atoms with Crippen LogP contribution in [0, 0.1) is 0 Å². The molecule has 0 fully saturated rings. The van der Waals surface area contributed by atoms with Gasteiger partial charge in [0.05, 0.1) is 11.3 Å². The molecule has 1 aromatic rings. The molecule has 1 rings (SSSR count). The van der Waals surface area contributed by atoms with E-state index in [9.17, 15) is 13.2 Å². The molecule has 0 radical (unpaired) electrons. The topological polar surface area (TPSA) is 32.6 Å². The van der Waals surface area contributed by atoms with Gasteiger partial charge in [-0.15, -0.1) is 0 Å². The summed E-state index contributed by atoms with van der Waals surface area (Å²) >= 11 is 0. The number of halogens is 3. The van der Waals surface area contributed by atoms with Crippen LogP contribution in [0.3, 0.4) is 0 Å². The Bertz CT molecular complexity index is 421. The minimum Gasteiger partial charge on any atom is -0.411 e. The molecule has 0 amide bonds. The van der Waals surface area contributed by atoms with Crippen molar-refractivity contribution in [1.82, 2.24) is 0 Å². The van der Waals surface area contributed by atoms with Crippen LogP contribution in [-0.2, 0) is 6.18 Å². The highest BCUT2D eigenvalue weighted by Gasteiger charge is 2.30. The molecule has 0 aliphatic rings. The van der Waals surface area contributed by atoms with E-state index in [1.807, 2.05) is 0 Å². The molecule has 0 aromatic heterocycles. The van der Waals surface area contributed by atoms with E-state index in [1.54, 1.807) is 0 Å². The maximum absolute atomic E-state index is 12.3. The van der Waals surface area contributed by atoms with E-state index in [0.717, 1.165) is 12.1 Å². The van der Waals surface area contributed by atoms with Gasteiger partial charge in [-0.3, -0.25) is 0 Å². The Labute approximate surface area is 90.7 Å². The van der Waals surface area contributed by atoms with Crippen molar-refractivity contribution >= 4 is 11.8 Å². The van der Waals surface area contributed by atoms with Crippen molar-refractivity contribution in [3.05, 3.63) is 41.5 Å². The zero-order valence-corrected chi connectivity index (χ0v) is 8.49. The standard InChI is InChI=1S/C11H10F3NO/c1-8(15-16)5-6-9-3-2-4-10(7-9)11(12,13)14/h2-7,16H,1H3/b6-5+,15-8+. The third-order valence-corrected chi connectivity index (χ3v) is 1.89. The van der Waals surface area contributed by atoms with Crippen molar-refractivity contribution in [2.75, 3.05) is 0 Å². The zero-order valence-electron chi connectivity index (χ0n) is 8.49. The maximum Gasteiger partial charge on any atom is 0.416 e. The van der Waals surface area contributed by atoms with Gasteiger partial charge in [-0.1, -0.05) is 23.4 Å². The lowest BCUT2D eigenvalue weighted by molar-refractivity contribution is -0.137. The number of hydrogen-bond donors (Lipinski definition) is 1. The molecule has 2 nitrogen and oxygen atoms in total. The monoisotopic (exact) mass is 229 g/mol. The Hall–Kier alpha value is -1.78. The van der Waals surface area contributed by atoms with E-state index in [2.05, 4.69) is 5.16 Å². The van der Waals surface area contributed by atoms with Crippen LogP contribution < -0.4 is 0 Å². The average molecular weight is 229 g/mol. The maximum atomic E-state index is 12.3. The number of rotatable bonds is 2. The van der Waals surface area contributed by atoms with Crippen molar-refractivity contribution in [2.24, 2.45) is 5.16 Å². The molecule has 16 heavy (non-hydrogen) atoms. The van der Waals surface area contributed by atoms with Crippen LogP contribution in [0.1, 0.15) is 18.1 Å². The first-order valence-corrected chi connectivity index (χ1v) is 4.47. The number of benzene rings is 1. The number of alkyl halides is 3. The molecular weight excluding hydrogens is 219 g/mol. The number of hydrogen-bond acceptors (Lipinski definition) is 2. The molecule has 0 unspecified atom stereocenters. The zero-order chi connectivity index (χ0) is 12.2. The molecule has 0 saturated carbocycles. The molecule has 0 saturated heterocycles. The fraction of sp³-hybridized carbons (Fsp3) is 0.182. The lowest BCUT2D eigenvalue weighted by Gasteiger charge is -2.06. The highest BCUT2D eigenvalue weighted by Crippen LogP contribution is 2.29. The van der Waals surface area contributed by atoms with Gasteiger partial charge in [0.25, 0.3) is 0 Å². The first-order chi connectivity index (χ1) is 7.43. The van der Waals surface area contributed by atoms with Gasteiger partial charge in [0.15, 0.2) is 0 Å². The van der Waals surface area contributed by atoms with Gasteiger partial charge < -0.3 is 5.21 Å². The normalized spacial score (nSPS) is 13.4. The molecular formula is C11H10F3NO. The molecule has 0 bridgehead atoms. The highest BCUT2D eigenvalue weighted by molar-refractivity contribution is 5.95. The smallest absolute Gasteiger partial charge is 0.411 e. The molecule has 86 valence electrons. The minimum absolute atomic E-state index is 0.317. The van der Waals surface area contributed by atoms with Gasteiger partial charge in [-0.25, -0.2) is 0 Å². The molecule has 0 aliphatic carbocycles. The van der Waals surface area contributed by atoms with Gasteiger partial charge in [-0.05, 0) is 30.7 Å². The van der Waals surface area contributed by atoms with Crippen LogP contribution >= 0.6 is 0 Å². The summed E-state index contributed by atoms with van der Waals surface area (Å²) in [7, 11) is 0. The second-order valence-electron chi connectivity index (χ2n) is 3.20. The van der Waals surface area contributed by atoms with Gasteiger partial charge >= 0.3 is 6.18 Å². The van der Waals surface area contributed by atoms with Crippen LogP contribution in [0.25, 0.3) is 6.08 Å². The van der Waals surface area contributed by atoms with Crippen LogP contribution in [0.15, 0.2) is 35.5 Å². The van der Waals surface area contributed by atoms with E-state index >= 15 is 0 Å². The van der Waals surface area contributed by atoms with Crippen molar-refractivity contribution in [3.63, 3.8) is 0 Å². The lowest BCUT2D eigenvalue weighted by Crippen LogP contribution is -2.04. The van der Waals surface area contributed by atoms with E-state index in [0.29, 0.717) is 11.3 Å². The number of nitrogens with zero attached hydrogens (tertiary/aromatic N) is 1. The predicted molar refractivity (Wildman–Crippen MR) is 55.4 cm³/mol. The Morgan fingerprint density at radius 3 is 2.62 bits per heavy atom. The average Bonchev–Trinajstić information content (AvgIpc) is 2.25. The van der Waals surface area contributed by atoms with Crippen LogP contribution in [0.4, 0.5) is 13.2 Å². The first-order valence-electron chi connectivity index (χ1n) is 4.47. The summed E-state index contributed by atoms with van der Waals surface area (Å²) in [5, 5.41) is 11.2. The molecule has 1 N–H and O–H groups in total. The van der Waals surface area contributed by atoms with Crippen molar-refractivity contribution < 1.29 is 18.4 Å². The highest BCUT2D eigenvalue weighted by atomic mass is 19.4. The van der Waals surface area contributed by atoms with E-state index in [1.165, 1.54) is 31.2 Å². The molecule has 1 aromatic carbocycles. The Morgan fingerprint density at radius 2 is 2.06 bits per heavy atom. The number of allylic oxidation sites excluding steroid dienone is 1. The van der Waals surface area contributed by atoms with Gasteiger partial charge in [-0.2, -0.15) is 13.2 Å². The molecule has 0 aliphatic heterocycles. The lowest BCUT2D eigenvalue weighted by atomic mass is 10.1. The molecule has 5 heteroatoms. The quantitative estimate of drug-likeness (QED) is 0.469. The second-order valence-corrected chi connectivity index (χ2v) is 3.20. The molecule has 0 atom stereocenters. The Morgan fingerprint density at radius 1 is 1.38 bits per heavy atom. The van der Waals surface area contributed by atoms with Gasteiger partial charge in [0.2, 0.25) is 0 Å². The van der Waals surface area contributed by atoms with E-state index in [-0.39, 0.29) is 0 Å². The summed E-state index contributed by atoms with van der Waals surface area (Å²) in [5.74, 6) is 0. The largest absolute Gasteiger partial charge is 0.416 e. The van der Waals surface area contributed by atoms with Crippen molar-refractivity contribution in [2.45, 2.75) is 13.1 Å². The SMILES string of the molecule is CC(/C=C/c1cccc(C(F)(F)F)c1)=N\O. The first kappa shape index (κ1) is 12.3. The van der Waals surface area contributed by atoms with Crippen LogP contribution in [0.5, 0.6) is 0 Å². The van der Waals surface area contributed by atoms with Gasteiger partial charge in [0, 0.05) is 0 Å². The molecule has 0 spiro atoms. The summed E-state index contributed by atoms with van der Waals surface area (Å²) in [6.45, 7) is 1.53. The van der Waals surface area contributed by atoms with Crippen LogP contribution in [-0.4, -0.2) is 10.9 Å². The third kappa shape index (κ3) is 3.42. The fourth-order valence-electron chi connectivity index (χ4n) is 1.07. The number of oxime groups is 1.